The van der Waals surface area contributed by atoms with Crippen molar-refractivity contribution in [2.75, 3.05) is 20.3 Å². The van der Waals surface area contributed by atoms with Crippen LogP contribution in [-0.2, 0) is 10.0 Å². The lowest BCUT2D eigenvalue weighted by Gasteiger charge is -2.27. The van der Waals surface area contributed by atoms with Crippen LogP contribution in [0.1, 0.15) is 27.2 Å². The van der Waals surface area contributed by atoms with Gasteiger partial charge < -0.3 is 9.84 Å². The van der Waals surface area contributed by atoms with E-state index < -0.39 is 10.0 Å². The predicted octanol–water partition coefficient (Wildman–Crippen LogP) is 2.11. The van der Waals surface area contributed by atoms with E-state index in [2.05, 4.69) is 0 Å². The Bertz CT molecular complexity index is 525. The summed E-state index contributed by atoms with van der Waals surface area (Å²) < 4.78 is 31.8. The van der Waals surface area contributed by atoms with Crippen LogP contribution in [0.5, 0.6) is 5.75 Å². The third-order valence-electron chi connectivity index (χ3n) is 3.61. The number of rotatable bonds is 8. The van der Waals surface area contributed by atoms with Crippen LogP contribution in [0.25, 0.3) is 0 Å². The van der Waals surface area contributed by atoms with Crippen molar-refractivity contribution in [2.45, 2.75) is 38.1 Å². The topological polar surface area (TPSA) is 66.8 Å². The van der Waals surface area contributed by atoms with Crippen LogP contribution >= 0.6 is 0 Å². The van der Waals surface area contributed by atoms with Crippen molar-refractivity contribution in [3.8, 4) is 5.75 Å². The van der Waals surface area contributed by atoms with E-state index in [1.165, 1.54) is 4.31 Å². The predicted molar refractivity (Wildman–Crippen MR) is 82.9 cm³/mol. The molecule has 0 aliphatic carbocycles. The Kier molecular flexibility index (Phi) is 6.64. The van der Waals surface area contributed by atoms with Gasteiger partial charge in [0.05, 0.1) is 11.5 Å². The Balaban J connectivity index is 2.84. The monoisotopic (exact) mass is 315 g/mol. The zero-order valence-corrected chi connectivity index (χ0v) is 13.9. The number of benzene rings is 1. The maximum absolute atomic E-state index is 12.5. The first kappa shape index (κ1) is 17.9. The normalized spacial score (nSPS) is 13.7. The number of sulfonamides is 1. The van der Waals surface area contributed by atoms with Crippen molar-refractivity contribution in [1.29, 1.82) is 0 Å². The molecule has 6 heteroatoms. The highest BCUT2D eigenvalue weighted by molar-refractivity contribution is 7.89. The lowest BCUT2D eigenvalue weighted by atomic mass is 10.1. The first-order valence-electron chi connectivity index (χ1n) is 7.12. The van der Waals surface area contributed by atoms with E-state index in [0.29, 0.717) is 18.8 Å². The molecule has 1 N–H and O–H groups in total. The smallest absolute Gasteiger partial charge is 0.243 e. The highest BCUT2D eigenvalue weighted by Gasteiger charge is 2.26. The van der Waals surface area contributed by atoms with Crippen LogP contribution in [0.15, 0.2) is 29.2 Å². The number of aliphatic hydroxyl groups is 1. The van der Waals surface area contributed by atoms with Gasteiger partial charge in [0.15, 0.2) is 0 Å². The van der Waals surface area contributed by atoms with E-state index >= 15 is 0 Å². The SMILES string of the molecule is CC(C)C(C)N(C)S(=O)(=O)c1ccc(OCCCO)cc1. The van der Waals surface area contributed by atoms with Crippen LogP contribution in [0.2, 0.25) is 0 Å². The van der Waals surface area contributed by atoms with Crippen molar-refractivity contribution in [3.63, 3.8) is 0 Å². The molecule has 0 radical (unpaired) electrons. The molecule has 0 amide bonds. The summed E-state index contributed by atoms with van der Waals surface area (Å²) in [5.74, 6) is 0.841. The molecule has 0 aromatic heterocycles. The molecule has 0 saturated heterocycles. The second kappa shape index (κ2) is 7.77. The summed E-state index contributed by atoms with van der Waals surface area (Å²) in [7, 11) is -1.88. The van der Waals surface area contributed by atoms with Gasteiger partial charge in [0.2, 0.25) is 10.0 Å². The quantitative estimate of drug-likeness (QED) is 0.746. The molecular formula is C15H25NO4S. The van der Waals surface area contributed by atoms with Crippen molar-refractivity contribution >= 4 is 10.0 Å². The van der Waals surface area contributed by atoms with Crippen molar-refractivity contribution in [1.82, 2.24) is 4.31 Å². The Labute approximate surface area is 127 Å². The summed E-state index contributed by atoms with van der Waals surface area (Å²) in [4.78, 5) is 0.256. The maximum Gasteiger partial charge on any atom is 0.243 e. The summed E-state index contributed by atoms with van der Waals surface area (Å²) in [6.07, 6.45) is 0.550. The molecule has 1 aromatic rings. The van der Waals surface area contributed by atoms with Gasteiger partial charge in [-0.3, -0.25) is 0 Å². The number of hydrogen-bond donors (Lipinski definition) is 1. The molecule has 1 aromatic carbocycles. The van der Waals surface area contributed by atoms with Crippen molar-refractivity contribution in [2.24, 2.45) is 5.92 Å². The number of nitrogens with zero attached hydrogens (tertiary/aromatic N) is 1. The lowest BCUT2D eigenvalue weighted by Crippen LogP contribution is -2.38. The Morgan fingerprint density at radius 2 is 1.76 bits per heavy atom. The van der Waals surface area contributed by atoms with Crippen LogP contribution in [0.4, 0.5) is 0 Å². The first-order chi connectivity index (χ1) is 9.80. The Hall–Kier alpha value is -1.11. The van der Waals surface area contributed by atoms with Crippen molar-refractivity contribution < 1.29 is 18.3 Å². The Morgan fingerprint density at radius 1 is 1.19 bits per heavy atom. The number of ether oxygens (including phenoxy) is 1. The van der Waals surface area contributed by atoms with Gasteiger partial charge >= 0.3 is 0 Å². The third-order valence-corrected chi connectivity index (χ3v) is 5.57. The average molecular weight is 315 g/mol. The minimum absolute atomic E-state index is 0.0736. The van der Waals surface area contributed by atoms with Gasteiger partial charge in [-0.1, -0.05) is 13.8 Å². The van der Waals surface area contributed by atoms with Gasteiger partial charge in [-0.25, -0.2) is 8.42 Å². The summed E-state index contributed by atoms with van der Waals surface area (Å²) in [6.45, 7) is 6.37. The summed E-state index contributed by atoms with van der Waals surface area (Å²) in [5, 5.41) is 8.69. The second-order valence-corrected chi connectivity index (χ2v) is 7.40. The van der Waals surface area contributed by atoms with E-state index in [-0.39, 0.29) is 23.5 Å². The standard InChI is InChI=1S/C15H25NO4S/c1-12(2)13(3)16(4)21(18,19)15-8-6-14(7-9-15)20-11-5-10-17/h6-9,12-13,17H,5,10-11H2,1-4H3. The number of aliphatic hydroxyl groups excluding tert-OH is 1. The molecule has 21 heavy (non-hydrogen) atoms. The molecular weight excluding hydrogens is 290 g/mol. The Morgan fingerprint density at radius 3 is 2.24 bits per heavy atom. The average Bonchev–Trinajstić information content (AvgIpc) is 2.46. The highest BCUT2D eigenvalue weighted by Crippen LogP contribution is 2.22. The molecule has 1 unspecified atom stereocenters. The largest absolute Gasteiger partial charge is 0.494 e. The van der Waals surface area contributed by atoms with Gasteiger partial charge in [-0.2, -0.15) is 4.31 Å². The molecule has 0 aliphatic heterocycles. The molecule has 1 atom stereocenters. The van der Waals surface area contributed by atoms with Crippen LogP contribution in [0, 0.1) is 5.92 Å². The van der Waals surface area contributed by atoms with Gasteiger partial charge in [0.1, 0.15) is 5.75 Å². The molecule has 0 heterocycles. The van der Waals surface area contributed by atoms with Crippen LogP contribution < -0.4 is 4.74 Å². The van der Waals surface area contributed by atoms with Crippen molar-refractivity contribution in [3.05, 3.63) is 24.3 Å². The number of hydrogen-bond acceptors (Lipinski definition) is 4. The second-order valence-electron chi connectivity index (χ2n) is 5.40. The maximum atomic E-state index is 12.5. The first-order valence-corrected chi connectivity index (χ1v) is 8.56. The fraction of sp³-hybridized carbons (Fsp3) is 0.600. The molecule has 0 aliphatic rings. The molecule has 0 bridgehead atoms. The third kappa shape index (κ3) is 4.69. The van der Waals surface area contributed by atoms with Crippen LogP contribution in [-0.4, -0.2) is 44.1 Å². The van der Waals surface area contributed by atoms with Gasteiger partial charge in [0.25, 0.3) is 0 Å². The fourth-order valence-corrected chi connectivity index (χ4v) is 3.26. The summed E-state index contributed by atoms with van der Waals surface area (Å²) >= 11 is 0. The molecule has 0 saturated carbocycles. The molecule has 5 nitrogen and oxygen atoms in total. The van der Waals surface area contributed by atoms with Gasteiger partial charge in [0, 0.05) is 26.1 Å². The molecule has 0 spiro atoms. The molecule has 120 valence electrons. The zero-order valence-electron chi connectivity index (χ0n) is 13.1. The minimum Gasteiger partial charge on any atom is -0.494 e. The lowest BCUT2D eigenvalue weighted by molar-refractivity contribution is 0.233. The van der Waals surface area contributed by atoms with E-state index in [1.54, 1.807) is 31.3 Å². The van der Waals surface area contributed by atoms with Gasteiger partial charge in [-0.05, 0) is 37.1 Å². The van der Waals surface area contributed by atoms with E-state index in [0.717, 1.165) is 0 Å². The highest BCUT2D eigenvalue weighted by atomic mass is 32.2. The van der Waals surface area contributed by atoms with E-state index in [9.17, 15) is 8.42 Å². The fourth-order valence-electron chi connectivity index (χ4n) is 1.77. The van der Waals surface area contributed by atoms with Gasteiger partial charge in [-0.15, -0.1) is 0 Å². The van der Waals surface area contributed by atoms with Crippen LogP contribution in [0.3, 0.4) is 0 Å². The molecule has 0 fully saturated rings. The molecule has 1 rings (SSSR count). The van der Waals surface area contributed by atoms with E-state index in [1.807, 2.05) is 20.8 Å². The summed E-state index contributed by atoms with van der Waals surface area (Å²) in [6, 6.07) is 6.30. The zero-order chi connectivity index (χ0) is 16.0. The van der Waals surface area contributed by atoms with E-state index in [4.69, 9.17) is 9.84 Å². The summed E-state index contributed by atoms with van der Waals surface area (Å²) in [5.41, 5.74) is 0. The minimum atomic E-state index is -3.49.